The first kappa shape index (κ1) is 5.95. The molecule has 0 aliphatic rings. The van der Waals surface area contributed by atoms with Gasteiger partial charge in [0.1, 0.15) is 0 Å². The van der Waals surface area contributed by atoms with Crippen molar-refractivity contribution in [1.29, 1.82) is 0 Å². The molecule has 0 saturated heterocycles. The molecule has 1 aromatic heterocycles. The fourth-order valence-electron chi connectivity index (χ4n) is 0.578. The lowest BCUT2D eigenvalue weighted by Crippen LogP contribution is -2.11. The van der Waals surface area contributed by atoms with E-state index in [2.05, 4.69) is 25.9 Å². The van der Waals surface area contributed by atoms with Gasteiger partial charge >= 0.3 is 0 Å². The van der Waals surface area contributed by atoms with Crippen LogP contribution in [-0.4, -0.2) is 25.7 Å². The predicted molar refractivity (Wildman–Crippen MR) is 42.6 cm³/mol. The van der Waals surface area contributed by atoms with Crippen molar-refractivity contribution < 1.29 is 0 Å². The zero-order valence-electron chi connectivity index (χ0n) is 4.83. The van der Waals surface area contributed by atoms with E-state index >= 15 is 0 Å². The first-order valence-electron chi connectivity index (χ1n) is 2.39. The van der Waals surface area contributed by atoms with Crippen LogP contribution < -0.4 is 11.3 Å². The van der Waals surface area contributed by atoms with E-state index in [1.807, 2.05) is 15.7 Å². The van der Waals surface area contributed by atoms with Gasteiger partial charge in [0.25, 0.3) is 0 Å². The van der Waals surface area contributed by atoms with E-state index in [4.69, 9.17) is 0 Å². The number of imidazole rings is 1. The van der Waals surface area contributed by atoms with Gasteiger partial charge in [-0.3, -0.25) is 4.98 Å². The molecule has 1 N–H and O–H groups in total. The number of aromatic amines is 1. The quantitative estimate of drug-likeness (QED) is 0.436. The van der Waals surface area contributed by atoms with Crippen LogP contribution in [0.1, 0.15) is 0 Å². The molecule has 0 aliphatic heterocycles. The summed E-state index contributed by atoms with van der Waals surface area (Å²) in [4.78, 5) is 7.12. The number of nitrogens with zero attached hydrogens (tertiary/aromatic N) is 1. The second-order valence-electron chi connectivity index (χ2n) is 1.72. The highest BCUT2D eigenvalue weighted by Crippen LogP contribution is 1.93. The first-order valence-corrected chi connectivity index (χ1v) is 3.18. The lowest BCUT2D eigenvalue weighted by Gasteiger charge is -1.76. The van der Waals surface area contributed by atoms with Crippen molar-refractivity contribution in [2.75, 3.05) is 0 Å². The molecule has 0 unspecified atom stereocenters. The van der Waals surface area contributed by atoms with Crippen LogP contribution in [0.5, 0.6) is 0 Å². The third-order valence-electron chi connectivity index (χ3n) is 0.944. The van der Waals surface area contributed by atoms with Gasteiger partial charge < -0.3 is 4.98 Å². The second kappa shape index (κ2) is 1.97. The van der Waals surface area contributed by atoms with E-state index in [1.165, 1.54) is 0 Å². The molecular formula is C3H5B2BrN2. The molecule has 0 spiro atoms. The third-order valence-corrected chi connectivity index (χ3v) is 1.72. The molecule has 0 aromatic carbocycles. The molecule has 1 heterocycles. The minimum absolute atomic E-state index is 0.953. The fraction of sp³-hybridized carbons (Fsp3) is 0. The number of hydrogen-bond donors (Lipinski definition) is 1. The number of halogens is 1. The summed E-state index contributed by atoms with van der Waals surface area (Å²) in [6, 6.07) is 0. The van der Waals surface area contributed by atoms with Crippen LogP contribution in [-0.2, 0) is 0 Å². The average molecular weight is 171 g/mol. The van der Waals surface area contributed by atoms with E-state index in [-0.39, 0.29) is 0 Å². The van der Waals surface area contributed by atoms with Crippen LogP contribution in [0.4, 0.5) is 0 Å². The minimum Gasteiger partial charge on any atom is -0.346 e. The van der Waals surface area contributed by atoms with Crippen LogP contribution in [0, 0.1) is 0 Å². The van der Waals surface area contributed by atoms with Gasteiger partial charge in [-0.2, -0.15) is 0 Å². The number of nitrogens with one attached hydrogen (secondary N) is 1. The van der Waals surface area contributed by atoms with Crippen molar-refractivity contribution >= 4 is 42.9 Å². The molecule has 2 nitrogen and oxygen atoms in total. The molecule has 8 heavy (non-hydrogen) atoms. The Labute approximate surface area is 58.0 Å². The van der Waals surface area contributed by atoms with Gasteiger partial charge in [-0.05, 0) is 15.9 Å². The molecule has 1 aromatic rings. The molecule has 0 amide bonds. The maximum atomic E-state index is 4.11. The van der Waals surface area contributed by atoms with E-state index < -0.39 is 0 Å². The predicted octanol–water partition coefficient (Wildman–Crippen LogP) is -2.31. The van der Waals surface area contributed by atoms with Crippen LogP contribution in [0.25, 0.3) is 0 Å². The largest absolute Gasteiger partial charge is 0.346 e. The Morgan fingerprint density at radius 3 is 2.25 bits per heavy atom. The third kappa shape index (κ3) is 0.968. The summed E-state index contributed by atoms with van der Waals surface area (Å²) in [5.41, 5.74) is 1.97. The van der Waals surface area contributed by atoms with Gasteiger partial charge in [0.15, 0.2) is 15.7 Å². The Bertz CT molecular complexity index is 178. The molecular weight excluding hydrogens is 166 g/mol. The van der Waals surface area contributed by atoms with Gasteiger partial charge in [-0.15, -0.1) is 0 Å². The van der Waals surface area contributed by atoms with Gasteiger partial charge in [0.2, 0.25) is 0 Å². The van der Waals surface area contributed by atoms with Crippen molar-refractivity contribution in [3.63, 3.8) is 0 Å². The Morgan fingerprint density at radius 1 is 1.50 bits per heavy atom. The molecule has 0 fully saturated rings. The summed E-state index contributed by atoms with van der Waals surface area (Å²) in [6.45, 7) is 0. The molecule has 5 heteroatoms. The topological polar surface area (TPSA) is 28.7 Å². The number of H-pyrrole nitrogens is 1. The molecule has 0 bridgehead atoms. The van der Waals surface area contributed by atoms with Gasteiger partial charge in [-0.25, -0.2) is 0 Å². The number of rotatable bonds is 0. The van der Waals surface area contributed by atoms with Crippen molar-refractivity contribution in [2.45, 2.75) is 0 Å². The Kier molecular flexibility index (Phi) is 1.47. The summed E-state index contributed by atoms with van der Waals surface area (Å²) >= 11 is 3.30. The standard InChI is InChI=1S/C3H5B2BrN2/c4-1-2(6)8-3(5)7-1/h4-5H2,(H,7,8). The molecule has 0 saturated carbocycles. The Balaban J connectivity index is 3.14. The van der Waals surface area contributed by atoms with Gasteiger partial charge in [-0.1, -0.05) is 0 Å². The van der Waals surface area contributed by atoms with Crippen LogP contribution in [0.2, 0.25) is 0 Å². The molecule has 0 aliphatic carbocycles. The van der Waals surface area contributed by atoms with Gasteiger partial charge in [0, 0.05) is 5.59 Å². The normalized spacial score (nSPS) is 9.62. The summed E-state index contributed by atoms with van der Waals surface area (Å²) in [6.07, 6.45) is 0. The molecule has 0 atom stereocenters. The van der Waals surface area contributed by atoms with Crippen molar-refractivity contribution in [2.24, 2.45) is 0 Å². The molecule has 0 radical (unpaired) electrons. The van der Waals surface area contributed by atoms with Crippen LogP contribution in [0.3, 0.4) is 0 Å². The van der Waals surface area contributed by atoms with Crippen LogP contribution >= 0.6 is 15.9 Å². The zero-order chi connectivity index (χ0) is 6.15. The SMILES string of the molecule is Bc1nc(B)c(Br)[nH]1. The fourth-order valence-corrected chi connectivity index (χ4v) is 0.953. The summed E-state index contributed by atoms with van der Waals surface area (Å²) < 4.78 is 0.981. The lowest BCUT2D eigenvalue weighted by atomic mass is 10.1. The summed E-state index contributed by atoms with van der Waals surface area (Å²) in [5, 5.41) is 0. The maximum absolute atomic E-state index is 4.11. The minimum atomic E-state index is 0.953. The van der Waals surface area contributed by atoms with E-state index in [1.54, 1.807) is 0 Å². The molecule has 40 valence electrons. The number of hydrogen-bond acceptors (Lipinski definition) is 1. The van der Waals surface area contributed by atoms with Crippen molar-refractivity contribution in [1.82, 2.24) is 9.97 Å². The van der Waals surface area contributed by atoms with E-state index in [0.29, 0.717) is 0 Å². The second-order valence-corrected chi connectivity index (χ2v) is 2.51. The van der Waals surface area contributed by atoms with E-state index in [0.717, 1.165) is 15.9 Å². The maximum Gasteiger partial charge on any atom is 0.186 e. The first-order chi connectivity index (χ1) is 3.70. The Morgan fingerprint density at radius 2 is 2.12 bits per heavy atom. The monoisotopic (exact) mass is 170 g/mol. The number of aromatic nitrogens is 2. The zero-order valence-corrected chi connectivity index (χ0v) is 6.41. The lowest BCUT2D eigenvalue weighted by molar-refractivity contribution is 1.39. The van der Waals surface area contributed by atoms with E-state index in [9.17, 15) is 0 Å². The highest BCUT2D eigenvalue weighted by atomic mass is 79.9. The average Bonchev–Trinajstić information content (AvgIpc) is 1.85. The van der Waals surface area contributed by atoms with Gasteiger partial charge in [0.05, 0.1) is 10.3 Å². The summed E-state index contributed by atoms with van der Waals surface area (Å²) in [7, 11) is 3.88. The highest BCUT2D eigenvalue weighted by molar-refractivity contribution is 9.10. The molecule has 1 rings (SSSR count). The van der Waals surface area contributed by atoms with Crippen molar-refractivity contribution in [3.05, 3.63) is 4.60 Å². The highest BCUT2D eigenvalue weighted by Gasteiger charge is 1.95. The van der Waals surface area contributed by atoms with Crippen LogP contribution in [0.15, 0.2) is 4.60 Å². The van der Waals surface area contributed by atoms with Crippen molar-refractivity contribution in [3.8, 4) is 0 Å². The smallest absolute Gasteiger partial charge is 0.186 e. The Hall–Kier alpha value is -0.180. The summed E-state index contributed by atoms with van der Waals surface area (Å²) in [5.74, 6) is 0.